The number of phenols is 1. The van der Waals surface area contributed by atoms with Gasteiger partial charge in [-0.1, -0.05) is 89.0 Å². The zero-order valence-corrected chi connectivity index (χ0v) is 44.4. The molecule has 3 aromatic rings. The molecule has 2 aliphatic rings. The van der Waals surface area contributed by atoms with Crippen LogP contribution in [0.25, 0.3) is 0 Å². The van der Waals surface area contributed by atoms with Gasteiger partial charge < -0.3 is 29.6 Å². The number of esters is 2. The number of aliphatic carboxylic acids is 2. The molecule has 0 aromatic heterocycles. The molecule has 0 radical (unpaired) electrons. The van der Waals surface area contributed by atoms with Gasteiger partial charge >= 0.3 is 29.8 Å². The largest absolute Gasteiger partial charge is 0.508 e. The summed E-state index contributed by atoms with van der Waals surface area (Å²) in [6, 6.07) is 20.1. The van der Waals surface area contributed by atoms with Crippen LogP contribution in [0.1, 0.15) is 110 Å². The summed E-state index contributed by atoms with van der Waals surface area (Å²) in [5.74, 6) is -4.03. The second-order valence-electron chi connectivity index (χ2n) is 17.1. The van der Waals surface area contributed by atoms with Crippen molar-refractivity contribution in [1.82, 2.24) is 10.1 Å². The fourth-order valence-electron chi connectivity index (χ4n) is 4.69. The Labute approximate surface area is 430 Å². The summed E-state index contributed by atoms with van der Waals surface area (Å²) >= 11 is 9.30. The Morgan fingerprint density at radius 2 is 0.843 bits per heavy atom. The van der Waals surface area contributed by atoms with Crippen LogP contribution in [0.2, 0.25) is 0 Å². The van der Waals surface area contributed by atoms with Crippen molar-refractivity contribution < 1.29 is 82.8 Å². The highest BCUT2D eigenvalue weighted by Gasteiger charge is 2.33. The van der Waals surface area contributed by atoms with E-state index in [1.807, 2.05) is 20.8 Å². The lowest BCUT2D eigenvalue weighted by molar-refractivity contribution is -0.197. The van der Waals surface area contributed by atoms with Crippen LogP contribution in [-0.4, -0.2) is 97.5 Å². The third kappa shape index (κ3) is 25.7. The number of alkyl halides is 2. The van der Waals surface area contributed by atoms with Crippen molar-refractivity contribution in [3.63, 3.8) is 0 Å². The molecule has 0 saturated carbocycles. The minimum atomic E-state index is -0.827. The van der Waals surface area contributed by atoms with E-state index in [4.69, 9.17) is 34.8 Å². The maximum absolute atomic E-state index is 11.8. The molecule has 2 heterocycles. The number of aromatic hydroxyl groups is 1. The quantitative estimate of drug-likeness (QED) is 0.0297. The SMILES string of the molecule is CC(C)(Br)C(=O)Oc1ccc(CCC(=O)O)cc1.CC(C)(Br)C(=O)Oc1ccc(CCC(=O)ON2C(=O)CCC2=O)cc1.CC(C)(C)C(=O)Br.O=C(O)CCc1ccc(O)cc1.O=C1CCC(=O)N1O. The highest BCUT2D eigenvalue weighted by Crippen LogP contribution is 2.23. The first-order valence-corrected chi connectivity index (χ1v) is 23.7. The molecule has 0 aliphatic carbocycles. The van der Waals surface area contributed by atoms with E-state index in [9.17, 15) is 47.9 Å². The molecule has 3 aromatic carbocycles. The maximum atomic E-state index is 11.8. The van der Waals surface area contributed by atoms with Crippen LogP contribution in [-0.2, 0) is 72.0 Å². The fraction of sp³-hybridized carbons (Fsp3) is 0.417. The van der Waals surface area contributed by atoms with Crippen LogP contribution < -0.4 is 9.47 Å². The molecule has 19 nitrogen and oxygen atoms in total. The molecule has 2 fully saturated rings. The molecule has 0 atom stereocenters. The Hall–Kier alpha value is -5.84. The van der Waals surface area contributed by atoms with E-state index in [1.54, 1.807) is 100 Å². The molecule has 0 unspecified atom stereocenters. The minimum absolute atomic E-state index is 0.0185. The number of halogens is 3. The molecule has 2 saturated heterocycles. The smallest absolute Gasteiger partial charge is 0.333 e. The van der Waals surface area contributed by atoms with Crippen molar-refractivity contribution in [3.8, 4) is 17.2 Å². The van der Waals surface area contributed by atoms with Gasteiger partial charge in [0.25, 0.3) is 23.6 Å². The predicted molar refractivity (Wildman–Crippen MR) is 262 cm³/mol. The van der Waals surface area contributed by atoms with Crippen molar-refractivity contribution in [2.24, 2.45) is 5.41 Å². The Morgan fingerprint density at radius 3 is 1.11 bits per heavy atom. The Balaban J connectivity index is 0.000000474. The average molecular weight is 1170 g/mol. The van der Waals surface area contributed by atoms with Gasteiger partial charge in [0.05, 0.1) is 6.42 Å². The standard InChI is InChI=1S/C17H18BrNO6.C13H15BrO4.C9H10O3.C5H9BrO.C4H5NO3/c1-17(2,18)16(23)24-12-6-3-11(4-7-12)5-10-15(22)25-19-13(20)8-9-14(19)21;1-13(2,14)12(17)18-10-6-3-9(4-7-10)5-8-11(15)16;10-8-4-1-7(2-5-8)3-6-9(11)12;1-5(2,3)4(6)7;6-3-1-2-4(7)5(3)8/h3-4,6-7H,5,8-10H2,1-2H3;3-4,6-7H,5,8H2,1-2H3,(H,15,16);1-2,4-5,10H,3,6H2,(H,11,12);1-3H3;8H,1-2H2. The average Bonchev–Trinajstić information content (AvgIpc) is 3.75. The third-order valence-corrected chi connectivity index (χ3v) is 10.7. The molecule has 70 heavy (non-hydrogen) atoms. The number of hydrogen-bond donors (Lipinski definition) is 4. The van der Waals surface area contributed by atoms with Gasteiger partial charge in [0, 0.05) is 43.9 Å². The van der Waals surface area contributed by atoms with E-state index >= 15 is 0 Å². The Kier molecular flexibility index (Phi) is 26.1. The lowest BCUT2D eigenvalue weighted by Gasteiger charge is -2.14. The normalized spacial score (nSPS) is 13.2. The van der Waals surface area contributed by atoms with Gasteiger partial charge in [0.1, 0.15) is 25.9 Å². The van der Waals surface area contributed by atoms with Crippen LogP contribution in [0.5, 0.6) is 17.2 Å². The van der Waals surface area contributed by atoms with E-state index in [0.717, 1.165) is 16.7 Å². The summed E-state index contributed by atoms with van der Waals surface area (Å²) in [5, 5.41) is 35.0. The fourth-order valence-corrected chi connectivity index (χ4v) is 4.85. The number of aryl methyl sites for hydroxylation is 3. The zero-order valence-electron chi connectivity index (χ0n) is 39.6. The third-order valence-electron chi connectivity index (χ3n) is 8.86. The molecule has 4 N–H and O–H groups in total. The van der Waals surface area contributed by atoms with Gasteiger partial charge in [-0.25, -0.2) is 4.79 Å². The highest BCUT2D eigenvalue weighted by molar-refractivity contribution is 9.18. The van der Waals surface area contributed by atoms with E-state index < -0.39 is 56.2 Å². The number of carboxylic acids is 2. The first-order valence-electron chi connectivity index (χ1n) is 21.3. The lowest BCUT2D eigenvalue weighted by Crippen LogP contribution is -2.32. The zero-order chi connectivity index (χ0) is 53.6. The van der Waals surface area contributed by atoms with Crippen LogP contribution in [0.3, 0.4) is 0 Å². The van der Waals surface area contributed by atoms with Gasteiger partial charge in [-0.05, 0) is 116 Å². The Bertz CT molecular complexity index is 2270. The van der Waals surface area contributed by atoms with Crippen molar-refractivity contribution >= 4 is 106 Å². The number of rotatable bonds is 14. The summed E-state index contributed by atoms with van der Waals surface area (Å²) in [6.07, 6.45) is 2.01. The molecule has 4 amide bonds. The predicted octanol–water partition coefficient (Wildman–Crippen LogP) is 7.98. The molecular weight excluding hydrogens is 1120 g/mol. The first-order chi connectivity index (χ1) is 32.3. The van der Waals surface area contributed by atoms with Crippen molar-refractivity contribution in [2.45, 2.75) is 121 Å². The number of carbonyl (C=O) groups excluding carboxylic acids is 8. The van der Waals surface area contributed by atoms with Gasteiger partial charge in [-0.3, -0.25) is 48.4 Å². The number of hydrogen-bond acceptors (Lipinski definition) is 15. The summed E-state index contributed by atoms with van der Waals surface area (Å²) in [7, 11) is 0. The van der Waals surface area contributed by atoms with E-state index in [2.05, 4.69) is 47.8 Å². The lowest BCUT2D eigenvalue weighted by atomic mass is 10.00. The van der Waals surface area contributed by atoms with Crippen molar-refractivity contribution in [1.29, 1.82) is 0 Å². The molecule has 5 rings (SSSR count). The second-order valence-corrected chi connectivity index (χ2v) is 21.8. The number of ether oxygens (including phenoxy) is 2. The van der Waals surface area contributed by atoms with Crippen LogP contribution in [0.15, 0.2) is 72.8 Å². The van der Waals surface area contributed by atoms with Crippen LogP contribution >= 0.6 is 47.8 Å². The number of phenolic OH excluding ortho intramolecular Hbond substituents is 1. The molecule has 2 aliphatic heterocycles. The molecule has 0 bridgehead atoms. The molecule has 382 valence electrons. The van der Waals surface area contributed by atoms with E-state index in [0.29, 0.717) is 35.8 Å². The summed E-state index contributed by atoms with van der Waals surface area (Å²) in [5.41, 5.74) is 2.43. The second kappa shape index (κ2) is 29.4. The monoisotopic (exact) mass is 1170 g/mol. The number of carbonyl (C=O) groups is 10. The van der Waals surface area contributed by atoms with Crippen molar-refractivity contribution in [2.75, 3.05) is 0 Å². The molecule has 22 heteroatoms. The van der Waals surface area contributed by atoms with Gasteiger partial charge in [-0.2, -0.15) is 5.06 Å². The van der Waals surface area contributed by atoms with Gasteiger partial charge in [-0.15, -0.1) is 5.06 Å². The minimum Gasteiger partial charge on any atom is -0.508 e. The number of imide groups is 2. The van der Waals surface area contributed by atoms with Crippen molar-refractivity contribution in [3.05, 3.63) is 89.5 Å². The highest BCUT2D eigenvalue weighted by atomic mass is 79.9. The van der Waals surface area contributed by atoms with Crippen LogP contribution in [0, 0.1) is 5.41 Å². The number of nitrogens with zero attached hydrogens (tertiary/aromatic N) is 2. The van der Waals surface area contributed by atoms with Gasteiger partial charge in [0.15, 0.2) is 0 Å². The Morgan fingerprint density at radius 1 is 0.543 bits per heavy atom. The number of benzene rings is 3. The van der Waals surface area contributed by atoms with E-state index in [-0.39, 0.29) is 71.8 Å². The topological polar surface area (TPSA) is 286 Å². The van der Waals surface area contributed by atoms with E-state index in [1.165, 1.54) is 0 Å². The number of amides is 4. The van der Waals surface area contributed by atoms with Gasteiger partial charge in [0.2, 0.25) is 4.69 Å². The number of carboxylic acid groups (broad SMARTS) is 2. The maximum Gasteiger partial charge on any atom is 0.333 e. The molecular formula is C48H57Br3N2O17. The summed E-state index contributed by atoms with van der Waals surface area (Å²) < 4.78 is 8.92. The summed E-state index contributed by atoms with van der Waals surface area (Å²) in [4.78, 5) is 114. The molecule has 0 spiro atoms. The summed E-state index contributed by atoms with van der Waals surface area (Å²) in [6.45, 7) is 12.4. The first kappa shape index (κ1) is 62.2. The van der Waals surface area contributed by atoms with Crippen LogP contribution in [0.4, 0.5) is 0 Å². The number of hydroxylamine groups is 4.